The number of piperidine rings is 1. The number of nitrogens with zero attached hydrogens (tertiary/aromatic N) is 3. The number of hydrogen-bond donors (Lipinski definition) is 1. The van der Waals surface area contributed by atoms with Crippen LogP contribution in [0.1, 0.15) is 39.2 Å². The first-order chi connectivity index (χ1) is 12.4. The number of anilines is 1. The van der Waals surface area contributed by atoms with E-state index in [9.17, 15) is 13.2 Å². The second-order valence-corrected chi connectivity index (χ2v) is 9.63. The molecule has 2 aromatic rings. The van der Waals surface area contributed by atoms with Gasteiger partial charge in [-0.1, -0.05) is 13.0 Å². The minimum absolute atomic E-state index is 0.0665. The zero-order valence-corrected chi connectivity index (χ0v) is 16.6. The summed E-state index contributed by atoms with van der Waals surface area (Å²) in [5.41, 5.74) is 0. The average molecular weight is 397 g/mol. The number of carbonyl (C=O) groups is 1. The number of amides is 1. The van der Waals surface area contributed by atoms with Crippen LogP contribution in [-0.2, 0) is 14.8 Å². The van der Waals surface area contributed by atoms with Crippen molar-refractivity contribution in [3.8, 4) is 0 Å². The van der Waals surface area contributed by atoms with Crippen LogP contribution in [0.2, 0.25) is 0 Å². The molecule has 1 aliphatic rings. The Balaban J connectivity index is 1.60. The Kier molecular flexibility index (Phi) is 5.79. The summed E-state index contributed by atoms with van der Waals surface area (Å²) >= 11 is 1.22. The zero-order chi connectivity index (χ0) is 18.7. The maximum Gasteiger partial charge on any atom is 0.252 e. The van der Waals surface area contributed by atoms with Gasteiger partial charge >= 0.3 is 0 Å². The fraction of sp³-hybridized carbons (Fsp3) is 0.529. The molecule has 0 spiro atoms. The van der Waals surface area contributed by atoms with Crippen LogP contribution >= 0.6 is 11.3 Å². The molecule has 1 atom stereocenters. The molecule has 1 saturated heterocycles. The largest absolute Gasteiger partial charge is 0.311 e. The van der Waals surface area contributed by atoms with E-state index in [0.29, 0.717) is 36.0 Å². The first-order valence-electron chi connectivity index (χ1n) is 8.81. The molecule has 0 aliphatic carbocycles. The molecule has 1 amide bonds. The van der Waals surface area contributed by atoms with Gasteiger partial charge in [0, 0.05) is 25.1 Å². The third-order valence-corrected chi connectivity index (χ3v) is 8.12. The van der Waals surface area contributed by atoms with Gasteiger partial charge in [0.05, 0.1) is 12.2 Å². The van der Waals surface area contributed by atoms with Gasteiger partial charge in [-0.05, 0) is 37.6 Å². The van der Waals surface area contributed by atoms with Gasteiger partial charge in [0.25, 0.3) is 10.0 Å². The van der Waals surface area contributed by atoms with Crippen LogP contribution in [0.4, 0.5) is 5.82 Å². The molecule has 2 aromatic heterocycles. The smallest absolute Gasteiger partial charge is 0.252 e. The number of rotatable bonds is 6. The molecule has 7 nitrogen and oxygen atoms in total. The van der Waals surface area contributed by atoms with E-state index in [1.807, 2.05) is 4.68 Å². The van der Waals surface area contributed by atoms with Gasteiger partial charge in [0.1, 0.15) is 10.0 Å². The van der Waals surface area contributed by atoms with Crippen molar-refractivity contribution < 1.29 is 13.2 Å². The van der Waals surface area contributed by atoms with Crippen molar-refractivity contribution in [2.75, 3.05) is 18.4 Å². The van der Waals surface area contributed by atoms with E-state index in [1.165, 1.54) is 15.6 Å². The Labute approximate surface area is 158 Å². The van der Waals surface area contributed by atoms with Gasteiger partial charge in [-0.15, -0.1) is 11.3 Å². The van der Waals surface area contributed by atoms with Crippen molar-refractivity contribution in [3.63, 3.8) is 0 Å². The van der Waals surface area contributed by atoms with E-state index in [0.717, 1.165) is 6.42 Å². The Morgan fingerprint density at radius 2 is 2.12 bits per heavy atom. The highest BCUT2D eigenvalue weighted by atomic mass is 32.2. The highest BCUT2D eigenvalue weighted by molar-refractivity contribution is 7.91. The molecule has 1 N–H and O–H groups in total. The lowest BCUT2D eigenvalue weighted by atomic mass is 9.97. The van der Waals surface area contributed by atoms with Crippen LogP contribution in [0.5, 0.6) is 0 Å². The minimum Gasteiger partial charge on any atom is -0.311 e. The van der Waals surface area contributed by atoms with Crippen LogP contribution in [0, 0.1) is 5.92 Å². The summed E-state index contributed by atoms with van der Waals surface area (Å²) in [4.78, 5) is 12.6. The van der Waals surface area contributed by atoms with Crippen LogP contribution in [0.3, 0.4) is 0 Å². The lowest BCUT2D eigenvalue weighted by Crippen LogP contribution is -2.41. The first kappa shape index (κ1) is 19.1. The van der Waals surface area contributed by atoms with E-state index in [-0.39, 0.29) is 17.9 Å². The Hall–Kier alpha value is -1.71. The van der Waals surface area contributed by atoms with Crippen molar-refractivity contribution in [2.45, 2.75) is 43.4 Å². The number of hydrogen-bond acceptors (Lipinski definition) is 5. The van der Waals surface area contributed by atoms with Gasteiger partial charge in [-0.25, -0.2) is 13.1 Å². The lowest BCUT2D eigenvalue weighted by molar-refractivity contribution is -0.121. The van der Waals surface area contributed by atoms with Crippen LogP contribution in [0.25, 0.3) is 0 Å². The number of thiophene rings is 1. The second-order valence-electron chi connectivity index (χ2n) is 6.52. The lowest BCUT2D eigenvalue weighted by Gasteiger charge is -2.30. The Bertz CT molecular complexity index is 837. The van der Waals surface area contributed by atoms with Gasteiger partial charge in [-0.2, -0.15) is 9.40 Å². The Morgan fingerprint density at radius 3 is 2.73 bits per heavy atom. The van der Waals surface area contributed by atoms with Gasteiger partial charge < -0.3 is 5.32 Å². The molecule has 1 aliphatic heterocycles. The van der Waals surface area contributed by atoms with Crippen LogP contribution in [-0.4, -0.2) is 41.5 Å². The quantitative estimate of drug-likeness (QED) is 0.814. The van der Waals surface area contributed by atoms with Crippen molar-refractivity contribution in [3.05, 3.63) is 29.8 Å². The average Bonchev–Trinajstić information content (AvgIpc) is 3.33. The van der Waals surface area contributed by atoms with Crippen molar-refractivity contribution in [2.24, 2.45) is 5.92 Å². The van der Waals surface area contributed by atoms with Crippen LogP contribution in [0.15, 0.2) is 34.0 Å². The Morgan fingerprint density at radius 1 is 1.38 bits per heavy atom. The molecule has 1 fully saturated rings. The topological polar surface area (TPSA) is 84.3 Å². The number of aromatic nitrogens is 2. The third kappa shape index (κ3) is 3.84. The summed E-state index contributed by atoms with van der Waals surface area (Å²) in [6, 6.07) is 5.35. The summed E-state index contributed by atoms with van der Waals surface area (Å²) in [6.07, 6.45) is 3.64. The normalized spacial score (nSPS) is 17.9. The van der Waals surface area contributed by atoms with Crippen molar-refractivity contribution in [1.29, 1.82) is 0 Å². The fourth-order valence-corrected chi connectivity index (χ4v) is 5.68. The zero-order valence-electron chi connectivity index (χ0n) is 15.0. The third-order valence-electron chi connectivity index (χ3n) is 4.84. The second kappa shape index (κ2) is 7.89. The molecule has 3 heterocycles. The molecule has 1 unspecified atom stereocenters. The number of carbonyl (C=O) groups excluding carboxylic acids is 1. The molecule has 142 valence electrons. The summed E-state index contributed by atoms with van der Waals surface area (Å²) in [7, 11) is -3.43. The maximum absolute atomic E-state index is 12.6. The number of sulfonamides is 1. The van der Waals surface area contributed by atoms with Crippen molar-refractivity contribution >= 4 is 33.1 Å². The molecule has 0 saturated carbocycles. The number of nitrogens with one attached hydrogen (secondary N) is 1. The molecule has 9 heteroatoms. The molecule has 0 bridgehead atoms. The molecular weight excluding hydrogens is 372 g/mol. The summed E-state index contributed by atoms with van der Waals surface area (Å²) < 4.78 is 28.8. The van der Waals surface area contributed by atoms with Gasteiger partial charge in [-0.3, -0.25) is 4.79 Å². The highest BCUT2D eigenvalue weighted by Gasteiger charge is 2.32. The fourth-order valence-electron chi connectivity index (χ4n) is 3.06. The molecule has 26 heavy (non-hydrogen) atoms. The maximum atomic E-state index is 12.6. The van der Waals surface area contributed by atoms with Crippen LogP contribution < -0.4 is 5.32 Å². The van der Waals surface area contributed by atoms with E-state index >= 15 is 0 Å². The standard InChI is InChI=1S/C17H24N4O3S2/c1-3-13(2)21-15(6-9-18-21)19-17(22)14-7-10-20(11-8-14)26(23,24)16-5-4-12-25-16/h4-6,9,12-14H,3,7-8,10-11H2,1-2H3,(H,19,22). The molecule has 0 aromatic carbocycles. The van der Waals surface area contributed by atoms with Gasteiger partial charge in [0.15, 0.2) is 0 Å². The predicted octanol–water partition coefficient (Wildman–Crippen LogP) is 2.96. The SMILES string of the molecule is CCC(C)n1nccc1NC(=O)C1CCN(S(=O)(=O)c2cccs2)CC1. The highest BCUT2D eigenvalue weighted by Crippen LogP contribution is 2.27. The van der Waals surface area contributed by atoms with E-state index in [4.69, 9.17) is 0 Å². The van der Waals surface area contributed by atoms with E-state index in [2.05, 4.69) is 24.3 Å². The molecule has 3 rings (SSSR count). The predicted molar refractivity (Wildman–Crippen MR) is 102 cm³/mol. The monoisotopic (exact) mass is 396 g/mol. The molecular formula is C17H24N4O3S2. The summed E-state index contributed by atoms with van der Waals surface area (Å²) in [6.45, 7) is 4.85. The summed E-state index contributed by atoms with van der Waals surface area (Å²) in [5, 5.41) is 8.98. The minimum atomic E-state index is -3.43. The first-order valence-corrected chi connectivity index (χ1v) is 11.1. The summed E-state index contributed by atoms with van der Waals surface area (Å²) in [5.74, 6) is 0.436. The van der Waals surface area contributed by atoms with E-state index < -0.39 is 10.0 Å². The van der Waals surface area contributed by atoms with Gasteiger partial charge in [0.2, 0.25) is 5.91 Å². The van der Waals surface area contributed by atoms with Crippen molar-refractivity contribution in [1.82, 2.24) is 14.1 Å². The van der Waals surface area contributed by atoms with E-state index in [1.54, 1.807) is 29.8 Å². The molecule has 0 radical (unpaired) electrons.